The van der Waals surface area contributed by atoms with Crippen molar-refractivity contribution >= 4 is 235 Å². The average Bonchev–Trinajstić information content (AvgIpc) is 1.76. The van der Waals surface area contributed by atoms with Crippen LogP contribution in [0.15, 0.2) is 0 Å². The van der Waals surface area contributed by atoms with Gasteiger partial charge in [-0.05, 0) is 0 Å². The third kappa shape index (κ3) is 331. The van der Waals surface area contributed by atoms with Crippen molar-refractivity contribution in [2.45, 2.75) is 0 Å². The van der Waals surface area contributed by atoms with Crippen LogP contribution in [0.1, 0.15) is 0 Å². The molecule has 12 nitrogen and oxygen atoms in total. The fourth-order valence-electron chi connectivity index (χ4n) is 0. The summed E-state index contributed by atoms with van der Waals surface area (Å²) in [5.74, 6) is 0. The molecule has 0 saturated heterocycles. The summed E-state index contributed by atoms with van der Waals surface area (Å²) in [5, 5.41) is 86.0. The number of hydrogen-bond acceptors (Lipinski definition) is 12. The molecule has 0 aromatic carbocycles. The first kappa shape index (κ1) is 50.3. The molecule has 0 saturated carbocycles. The average molecular weight is 408 g/mol. The van der Waals surface area contributed by atoms with Gasteiger partial charge in [0.1, 0.15) is 0 Å². The molecule has 0 aliphatic carbocycles. The van der Waals surface area contributed by atoms with Gasteiger partial charge in [0, 0.05) is 0 Å². The normalized spacial score (nSPS) is 5.40. The standard InChI is InChI=1S/4BH3O3.4K.4H/c4*2-1(3)4;;;;;;;;/h4*2-4H;;;;;;;;. The molecule has 0 radical (unpaired) electrons. The van der Waals surface area contributed by atoms with Crippen molar-refractivity contribution in [3.63, 3.8) is 0 Å². The summed E-state index contributed by atoms with van der Waals surface area (Å²) in [7, 11) is -8.67. The van der Waals surface area contributed by atoms with E-state index in [9.17, 15) is 0 Å². The van der Waals surface area contributed by atoms with Crippen molar-refractivity contribution in [1.29, 1.82) is 0 Å². The van der Waals surface area contributed by atoms with Crippen LogP contribution in [0.3, 0.4) is 0 Å². The van der Waals surface area contributed by atoms with Crippen molar-refractivity contribution in [3.05, 3.63) is 0 Å². The first-order valence-corrected chi connectivity index (χ1v) is 3.10. The number of rotatable bonds is 0. The first-order chi connectivity index (χ1) is 6.93. The van der Waals surface area contributed by atoms with E-state index in [2.05, 4.69) is 0 Å². The summed E-state index contributed by atoms with van der Waals surface area (Å²) in [6.07, 6.45) is 0. The Kier molecular flexibility index (Phi) is 112. The van der Waals surface area contributed by atoms with E-state index < -0.39 is 29.3 Å². The van der Waals surface area contributed by atoms with Gasteiger partial charge >= 0.3 is 235 Å². The molecule has 0 fully saturated rings. The van der Waals surface area contributed by atoms with Gasteiger partial charge in [0.25, 0.3) is 0 Å². The third-order valence-electron chi connectivity index (χ3n) is 0. The van der Waals surface area contributed by atoms with E-state index >= 15 is 0 Å². The van der Waals surface area contributed by atoms with E-state index in [0.29, 0.717) is 0 Å². The Morgan fingerprint density at radius 2 is 0.250 bits per heavy atom. The molecule has 0 bridgehead atoms. The van der Waals surface area contributed by atoms with E-state index in [4.69, 9.17) is 60.3 Å². The van der Waals surface area contributed by atoms with Gasteiger partial charge in [0.15, 0.2) is 0 Å². The Labute approximate surface area is 286 Å². The van der Waals surface area contributed by atoms with Crippen LogP contribution >= 0.6 is 0 Å². The van der Waals surface area contributed by atoms with Crippen molar-refractivity contribution in [1.82, 2.24) is 0 Å². The van der Waals surface area contributed by atoms with Gasteiger partial charge in [0.05, 0.1) is 0 Å². The van der Waals surface area contributed by atoms with Gasteiger partial charge in [-0.2, -0.15) is 0 Å². The molecular formula is H16B4K4O12. The minimum absolute atomic E-state index is 0. The summed E-state index contributed by atoms with van der Waals surface area (Å²) in [6.45, 7) is 0. The molecule has 0 aliphatic heterocycles. The molecule has 0 aromatic heterocycles. The van der Waals surface area contributed by atoms with Crippen LogP contribution in [0, 0.1) is 0 Å². The topological polar surface area (TPSA) is 243 Å². The summed E-state index contributed by atoms with van der Waals surface area (Å²) >= 11 is 0. The molecule has 0 aliphatic rings. The zero-order valence-corrected chi connectivity index (χ0v) is 7.68. The van der Waals surface area contributed by atoms with Gasteiger partial charge in [-0.1, -0.05) is 0 Å². The maximum absolute atomic E-state index is 7.17. The van der Waals surface area contributed by atoms with Crippen molar-refractivity contribution in [2.24, 2.45) is 0 Å². The molecule has 104 valence electrons. The summed E-state index contributed by atoms with van der Waals surface area (Å²) in [6, 6.07) is 0. The molecule has 20 heteroatoms. The quantitative estimate of drug-likeness (QED) is 0.167. The van der Waals surface area contributed by atoms with E-state index in [1.165, 1.54) is 0 Å². The zero-order valence-electron chi connectivity index (χ0n) is 7.68. The van der Waals surface area contributed by atoms with E-state index in [1.807, 2.05) is 0 Å². The van der Waals surface area contributed by atoms with Crippen LogP contribution in [0.4, 0.5) is 0 Å². The summed E-state index contributed by atoms with van der Waals surface area (Å²) < 4.78 is 0. The van der Waals surface area contributed by atoms with Crippen LogP contribution in [-0.2, 0) is 0 Å². The molecule has 12 N–H and O–H groups in total. The second-order valence-corrected chi connectivity index (χ2v) is 1.39. The second kappa shape index (κ2) is 44.6. The van der Waals surface area contributed by atoms with Gasteiger partial charge in [-0.15, -0.1) is 0 Å². The fourth-order valence-corrected chi connectivity index (χ4v) is 0. The van der Waals surface area contributed by atoms with Crippen LogP contribution in [-0.4, -0.2) is 295 Å². The Morgan fingerprint density at radius 3 is 0.250 bits per heavy atom. The minimum atomic E-state index is -2.17. The Balaban J connectivity index is -0.0000000150. The predicted molar refractivity (Wildman–Crippen MR) is 78.2 cm³/mol. The maximum atomic E-state index is 7.17. The third-order valence-corrected chi connectivity index (χ3v) is 0. The van der Waals surface area contributed by atoms with Crippen molar-refractivity contribution in [3.8, 4) is 0 Å². The SMILES string of the molecule is OB(O)O.OB(O)O.OB(O)O.OB(O)O.[KH].[KH].[KH].[KH]. The monoisotopic (exact) mass is 408 g/mol. The zero-order chi connectivity index (χ0) is 14.3. The van der Waals surface area contributed by atoms with Gasteiger partial charge in [-0.3, -0.25) is 0 Å². The molecule has 0 unspecified atom stereocenters. The molecule has 0 rings (SSSR count). The van der Waals surface area contributed by atoms with E-state index in [1.54, 1.807) is 0 Å². The van der Waals surface area contributed by atoms with Gasteiger partial charge in [0.2, 0.25) is 0 Å². The van der Waals surface area contributed by atoms with Crippen LogP contribution < -0.4 is 0 Å². The molecule has 20 heavy (non-hydrogen) atoms. The van der Waals surface area contributed by atoms with Crippen molar-refractivity contribution < 1.29 is 60.3 Å². The second-order valence-electron chi connectivity index (χ2n) is 1.39. The summed E-state index contributed by atoms with van der Waals surface area (Å²) in [4.78, 5) is 0. The Bertz CT molecular complexity index is 70.4. The fraction of sp³-hybridized carbons (Fsp3) is 0. The molecule has 0 aromatic rings. The van der Waals surface area contributed by atoms with Gasteiger partial charge < -0.3 is 60.3 Å². The van der Waals surface area contributed by atoms with Crippen LogP contribution in [0.5, 0.6) is 0 Å². The van der Waals surface area contributed by atoms with Gasteiger partial charge in [-0.25, -0.2) is 0 Å². The molecule has 0 heterocycles. The molecule has 0 atom stereocenters. The molecule has 0 amide bonds. The Hall–Kier alpha value is 6.33. The summed E-state index contributed by atoms with van der Waals surface area (Å²) in [5.41, 5.74) is 0. The number of hydrogen-bond donors (Lipinski definition) is 12. The predicted octanol–water partition coefficient (Wildman–Crippen LogP) is -10.8. The van der Waals surface area contributed by atoms with Crippen LogP contribution in [0.25, 0.3) is 0 Å². The van der Waals surface area contributed by atoms with E-state index in [0.717, 1.165) is 0 Å². The first-order valence-electron chi connectivity index (χ1n) is 3.10. The molecule has 0 spiro atoms. The van der Waals surface area contributed by atoms with Crippen LogP contribution in [0.2, 0.25) is 0 Å². The van der Waals surface area contributed by atoms with E-state index in [-0.39, 0.29) is 206 Å². The van der Waals surface area contributed by atoms with Crippen molar-refractivity contribution in [2.75, 3.05) is 0 Å². The Morgan fingerprint density at radius 1 is 0.250 bits per heavy atom. The molecular weight excluding hydrogens is 392 g/mol.